The zero-order valence-corrected chi connectivity index (χ0v) is 18.0. The highest BCUT2D eigenvalue weighted by atomic mass is 19.3. The Labute approximate surface area is 180 Å². The van der Waals surface area contributed by atoms with Crippen molar-refractivity contribution in [1.29, 1.82) is 0 Å². The van der Waals surface area contributed by atoms with Crippen LogP contribution in [0.3, 0.4) is 0 Å². The molecule has 3 rings (SSSR count). The highest BCUT2D eigenvalue weighted by Crippen LogP contribution is 2.37. The molecule has 162 valence electrons. The van der Waals surface area contributed by atoms with Crippen LogP contribution in [0.1, 0.15) is 87.3 Å². The van der Waals surface area contributed by atoms with E-state index >= 15 is 0 Å². The van der Waals surface area contributed by atoms with Gasteiger partial charge in [0.15, 0.2) is 0 Å². The van der Waals surface area contributed by atoms with Crippen molar-refractivity contribution >= 4 is 12.2 Å². The molecule has 0 saturated heterocycles. The Hall–Kier alpha value is -2.16. The molecule has 3 heteroatoms. The molecule has 0 atom stereocenters. The fraction of sp³-hybridized carbons (Fsp3) is 0.481. The molecule has 1 fully saturated rings. The van der Waals surface area contributed by atoms with Crippen LogP contribution in [0.2, 0.25) is 0 Å². The van der Waals surface area contributed by atoms with Gasteiger partial charge < -0.3 is 4.74 Å². The molecule has 0 heterocycles. The fourth-order valence-corrected chi connectivity index (χ4v) is 4.48. The van der Waals surface area contributed by atoms with Gasteiger partial charge in [0.25, 0.3) is 0 Å². The summed E-state index contributed by atoms with van der Waals surface area (Å²) in [7, 11) is 0. The molecule has 1 nitrogen and oxygen atoms in total. The van der Waals surface area contributed by atoms with Crippen molar-refractivity contribution in [3.63, 3.8) is 0 Å². The molecule has 2 aromatic carbocycles. The van der Waals surface area contributed by atoms with E-state index in [-0.39, 0.29) is 5.75 Å². The first kappa shape index (κ1) is 22.5. The van der Waals surface area contributed by atoms with Crippen LogP contribution in [0.25, 0.3) is 12.2 Å². The summed E-state index contributed by atoms with van der Waals surface area (Å²) in [5, 5.41) is 0. The van der Waals surface area contributed by atoms with E-state index in [1.54, 1.807) is 24.3 Å². The summed E-state index contributed by atoms with van der Waals surface area (Å²) in [4.78, 5) is 0. The zero-order chi connectivity index (χ0) is 21.2. The predicted molar refractivity (Wildman–Crippen MR) is 122 cm³/mol. The molecule has 0 amide bonds. The molecular formula is C27H34F2O. The second kappa shape index (κ2) is 11.9. The highest BCUT2D eigenvalue weighted by Gasteiger charge is 2.21. The van der Waals surface area contributed by atoms with Crippen LogP contribution < -0.4 is 4.74 Å². The summed E-state index contributed by atoms with van der Waals surface area (Å²) in [6, 6.07) is 15.6. The molecule has 0 unspecified atom stereocenters. The second-order valence-electron chi connectivity index (χ2n) is 8.51. The number of hydrogen-bond acceptors (Lipinski definition) is 1. The predicted octanol–water partition coefficient (Wildman–Crippen LogP) is 8.70. The van der Waals surface area contributed by atoms with Gasteiger partial charge in [-0.3, -0.25) is 0 Å². The van der Waals surface area contributed by atoms with Crippen molar-refractivity contribution in [1.82, 2.24) is 0 Å². The van der Waals surface area contributed by atoms with Crippen molar-refractivity contribution < 1.29 is 13.5 Å². The maximum atomic E-state index is 12.2. The van der Waals surface area contributed by atoms with Crippen LogP contribution in [0, 0.1) is 5.92 Å². The summed E-state index contributed by atoms with van der Waals surface area (Å²) in [5.41, 5.74) is 3.57. The quantitative estimate of drug-likeness (QED) is 0.280. The molecule has 2 aromatic rings. The number of hydrogen-bond donors (Lipinski definition) is 0. The lowest BCUT2D eigenvalue weighted by atomic mass is 9.77. The third-order valence-corrected chi connectivity index (χ3v) is 6.29. The molecule has 0 spiro atoms. The SMILES string of the molecule is CCCCCCC1CCC(c2ccc(C=Cc3ccc(OC(F)F)cc3)cc2)CC1. The van der Waals surface area contributed by atoms with Crippen molar-refractivity contribution in [3.05, 3.63) is 65.2 Å². The lowest BCUT2D eigenvalue weighted by Crippen LogP contribution is -2.13. The topological polar surface area (TPSA) is 9.23 Å². The summed E-state index contributed by atoms with van der Waals surface area (Å²) >= 11 is 0. The van der Waals surface area contributed by atoms with Crippen LogP contribution in [0.15, 0.2) is 48.5 Å². The van der Waals surface area contributed by atoms with E-state index in [0.29, 0.717) is 5.92 Å². The van der Waals surface area contributed by atoms with Gasteiger partial charge in [-0.25, -0.2) is 0 Å². The molecular weight excluding hydrogens is 378 g/mol. The van der Waals surface area contributed by atoms with Crippen molar-refractivity contribution in [2.24, 2.45) is 5.92 Å². The van der Waals surface area contributed by atoms with Crippen LogP contribution in [-0.2, 0) is 0 Å². The first-order valence-electron chi connectivity index (χ1n) is 11.5. The largest absolute Gasteiger partial charge is 0.435 e. The van der Waals surface area contributed by atoms with Crippen molar-refractivity contribution in [2.45, 2.75) is 77.2 Å². The van der Waals surface area contributed by atoms with Crippen molar-refractivity contribution in [3.8, 4) is 5.75 Å². The zero-order valence-electron chi connectivity index (χ0n) is 18.0. The normalized spacial score (nSPS) is 19.5. The molecule has 0 aromatic heterocycles. The number of benzene rings is 2. The molecule has 1 aliphatic rings. The van der Waals surface area contributed by atoms with Gasteiger partial charge in [0.1, 0.15) is 5.75 Å². The van der Waals surface area contributed by atoms with Crippen LogP contribution in [0.5, 0.6) is 5.75 Å². The lowest BCUT2D eigenvalue weighted by molar-refractivity contribution is -0.0498. The summed E-state index contributed by atoms with van der Waals surface area (Å²) in [5.74, 6) is 1.83. The molecule has 1 aliphatic carbocycles. The number of halogens is 2. The molecule has 0 bridgehead atoms. The fourth-order valence-electron chi connectivity index (χ4n) is 4.48. The maximum absolute atomic E-state index is 12.2. The smallest absolute Gasteiger partial charge is 0.387 e. The van der Waals surface area contributed by atoms with Gasteiger partial charge in [0.2, 0.25) is 0 Å². The van der Waals surface area contributed by atoms with E-state index in [1.165, 1.54) is 63.4 Å². The van der Waals surface area contributed by atoms with E-state index in [4.69, 9.17) is 0 Å². The van der Waals surface area contributed by atoms with Gasteiger partial charge >= 0.3 is 6.61 Å². The Morgan fingerprint density at radius 2 is 1.43 bits per heavy atom. The number of alkyl halides is 2. The minimum Gasteiger partial charge on any atom is -0.435 e. The number of ether oxygens (including phenoxy) is 1. The standard InChI is InChI=1S/C27H34F2O/c1-2-3-4-5-6-21-9-15-24(16-10-21)25-17-11-22(12-18-25)7-8-23-13-19-26(20-14-23)30-27(28)29/h7-8,11-14,17-21,24,27H,2-6,9-10,15-16H2,1H3. The lowest BCUT2D eigenvalue weighted by Gasteiger charge is -2.29. The van der Waals surface area contributed by atoms with E-state index in [1.807, 2.05) is 6.08 Å². The Morgan fingerprint density at radius 1 is 0.833 bits per heavy atom. The van der Waals surface area contributed by atoms with Gasteiger partial charge in [-0.1, -0.05) is 87.6 Å². The molecule has 0 N–H and O–H groups in total. The summed E-state index contributed by atoms with van der Waals surface area (Å²) in [6.45, 7) is -0.511. The van der Waals surface area contributed by atoms with Gasteiger partial charge in [0.05, 0.1) is 0 Å². The average Bonchev–Trinajstić information content (AvgIpc) is 2.77. The maximum Gasteiger partial charge on any atom is 0.387 e. The van der Waals surface area contributed by atoms with Gasteiger partial charge in [-0.15, -0.1) is 0 Å². The average molecular weight is 413 g/mol. The molecule has 0 aliphatic heterocycles. The Balaban J connectivity index is 1.46. The highest BCUT2D eigenvalue weighted by molar-refractivity contribution is 5.69. The summed E-state index contributed by atoms with van der Waals surface area (Å²) in [6.07, 6.45) is 16.4. The first-order valence-corrected chi connectivity index (χ1v) is 11.5. The van der Waals surface area contributed by atoms with Gasteiger partial charge in [-0.2, -0.15) is 8.78 Å². The minimum absolute atomic E-state index is 0.183. The van der Waals surface area contributed by atoms with Crippen LogP contribution >= 0.6 is 0 Å². The Kier molecular flexibility index (Phi) is 8.92. The summed E-state index contributed by atoms with van der Waals surface area (Å²) < 4.78 is 28.8. The van der Waals surface area contributed by atoms with Gasteiger partial charge in [-0.05, 0) is 66.3 Å². The molecule has 30 heavy (non-hydrogen) atoms. The van der Waals surface area contributed by atoms with E-state index in [9.17, 15) is 8.78 Å². The van der Waals surface area contributed by atoms with Crippen LogP contribution in [0.4, 0.5) is 8.78 Å². The third kappa shape index (κ3) is 7.27. The number of rotatable bonds is 10. The van der Waals surface area contributed by atoms with E-state index < -0.39 is 6.61 Å². The number of unbranched alkanes of at least 4 members (excludes halogenated alkanes) is 3. The van der Waals surface area contributed by atoms with Gasteiger partial charge in [0, 0.05) is 0 Å². The first-order chi connectivity index (χ1) is 14.6. The Bertz CT molecular complexity index is 756. The van der Waals surface area contributed by atoms with Crippen LogP contribution in [-0.4, -0.2) is 6.61 Å². The molecule has 1 saturated carbocycles. The minimum atomic E-state index is -2.79. The Morgan fingerprint density at radius 3 is 2.00 bits per heavy atom. The van der Waals surface area contributed by atoms with E-state index in [0.717, 1.165) is 17.0 Å². The third-order valence-electron chi connectivity index (χ3n) is 6.29. The second-order valence-corrected chi connectivity index (χ2v) is 8.51. The molecule has 0 radical (unpaired) electrons. The van der Waals surface area contributed by atoms with Crippen molar-refractivity contribution in [2.75, 3.05) is 0 Å². The van der Waals surface area contributed by atoms with E-state index in [2.05, 4.69) is 42.0 Å². The monoisotopic (exact) mass is 412 g/mol.